The summed E-state index contributed by atoms with van der Waals surface area (Å²) in [7, 11) is 0. The lowest BCUT2D eigenvalue weighted by atomic mass is 10.1. The van der Waals surface area contributed by atoms with Crippen molar-refractivity contribution >= 4 is 40.7 Å². The molecule has 0 spiro atoms. The van der Waals surface area contributed by atoms with Gasteiger partial charge in [0, 0.05) is 11.6 Å². The third kappa shape index (κ3) is 4.09. The second kappa shape index (κ2) is 7.55. The van der Waals surface area contributed by atoms with E-state index in [1.807, 2.05) is 0 Å². The summed E-state index contributed by atoms with van der Waals surface area (Å²) >= 11 is 17.8. The molecule has 3 rings (SSSR count). The smallest absolute Gasteiger partial charge is 0.316 e. The van der Waals surface area contributed by atoms with Crippen LogP contribution in [0.3, 0.4) is 0 Å². The van der Waals surface area contributed by atoms with Crippen LogP contribution >= 0.6 is 34.8 Å². The van der Waals surface area contributed by atoms with Crippen molar-refractivity contribution in [1.29, 1.82) is 0 Å². The van der Waals surface area contributed by atoms with Crippen LogP contribution in [0.5, 0.6) is 6.01 Å². The van der Waals surface area contributed by atoms with E-state index in [0.717, 1.165) is 12.8 Å². The Morgan fingerprint density at radius 2 is 1.92 bits per heavy atom. The summed E-state index contributed by atoms with van der Waals surface area (Å²) in [5, 5.41) is 1.30. The molecule has 1 aliphatic heterocycles. The van der Waals surface area contributed by atoms with Gasteiger partial charge in [0.25, 0.3) is 5.91 Å². The Morgan fingerprint density at radius 1 is 1.17 bits per heavy atom. The van der Waals surface area contributed by atoms with Crippen LogP contribution in [0.2, 0.25) is 15.1 Å². The summed E-state index contributed by atoms with van der Waals surface area (Å²) in [5.74, 6) is -0.159. The van der Waals surface area contributed by atoms with Crippen molar-refractivity contribution in [3.05, 3.63) is 51.2 Å². The summed E-state index contributed by atoms with van der Waals surface area (Å²) in [5.41, 5.74) is 0.396. The number of piperidine rings is 1. The lowest BCUT2D eigenvalue weighted by Gasteiger charge is -2.32. The highest BCUT2D eigenvalue weighted by molar-refractivity contribution is 6.35. The van der Waals surface area contributed by atoms with Crippen molar-refractivity contribution in [2.45, 2.75) is 18.9 Å². The molecule has 2 heterocycles. The number of likely N-dealkylation sites (tertiary alicyclic amines) is 1. The number of aromatic nitrogens is 2. The van der Waals surface area contributed by atoms with Gasteiger partial charge >= 0.3 is 6.01 Å². The van der Waals surface area contributed by atoms with Crippen LogP contribution < -0.4 is 4.74 Å². The van der Waals surface area contributed by atoms with E-state index in [1.165, 1.54) is 12.4 Å². The van der Waals surface area contributed by atoms with Crippen molar-refractivity contribution in [3.63, 3.8) is 0 Å². The number of hydrogen-bond donors (Lipinski definition) is 0. The van der Waals surface area contributed by atoms with E-state index in [2.05, 4.69) is 9.97 Å². The molecule has 1 fully saturated rings. The standard InChI is InChI=1S/C16H14Cl3N3O2/c17-10-3-4-14(19)13(6-10)15(23)22-5-1-2-12(9-22)24-16-20-7-11(18)8-21-16/h3-4,6-8,12H,1-2,5,9H2. The molecule has 0 bridgehead atoms. The number of ether oxygens (including phenoxy) is 1. The monoisotopic (exact) mass is 385 g/mol. The van der Waals surface area contributed by atoms with Crippen LogP contribution in [0.1, 0.15) is 23.2 Å². The zero-order valence-electron chi connectivity index (χ0n) is 12.6. The molecule has 1 aliphatic rings. The van der Waals surface area contributed by atoms with Gasteiger partial charge in [0.15, 0.2) is 0 Å². The molecule has 1 aromatic heterocycles. The highest BCUT2D eigenvalue weighted by Crippen LogP contribution is 2.24. The van der Waals surface area contributed by atoms with Gasteiger partial charge in [-0.3, -0.25) is 4.79 Å². The fraction of sp³-hybridized carbons (Fsp3) is 0.312. The van der Waals surface area contributed by atoms with Gasteiger partial charge in [0.2, 0.25) is 0 Å². The molecule has 1 unspecified atom stereocenters. The minimum atomic E-state index is -0.179. The molecule has 1 aromatic carbocycles. The van der Waals surface area contributed by atoms with E-state index in [9.17, 15) is 4.79 Å². The molecular formula is C16H14Cl3N3O2. The van der Waals surface area contributed by atoms with E-state index < -0.39 is 0 Å². The zero-order chi connectivity index (χ0) is 17.1. The second-order valence-corrected chi connectivity index (χ2v) is 6.72. The first-order chi connectivity index (χ1) is 11.5. The molecule has 24 heavy (non-hydrogen) atoms. The second-order valence-electron chi connectivity index (χ2n) is 5.44. The molecule has 2 aromatic rings. The van der Waals surface area contributed by atoms with E-state index in [4.69, 9.17) is 39.5 Å². The number of benzene rings is 1. The average molecular weight is 387 g/mol. The van der Waals surface area contributed by atoms with Crippen LogP contribution in [0.4, 0.5) is 0 Å². The first kappa shape index (κ1) is 17.3. The molecule has 0 aliphatic carbocycles. The molecular weight excluding hydrogens is 373 g/mol. The van der Waals surface area contributed by atoms with Gasteiger partial charge in [-0.25, -0.2) is 9.97 Å². The predicted molar refractivity (Wildman–Crippen MR) is 93.1 cm³/mol. The molecule has 8 heteroatoms. The van der Waals surface area contributed by atoms with Crippen LogP contribution in [-0.2, 0) is 0 Å². The number of hydrogen-bond acceptors (Lipinski definition) is 4. The molecule has 0 N–H and O–H groups in total. The third-order valence-corrected chi connectivity index (χ3v) is 4.45. The quantitative estimate of drug-likeness (QED) is 0.796. The molecule has 126 valence electrons. The number of carbonyl (C=O) groups is 1. The van der Waals surface area contributed by atoms with E-state index in [0.29, 0.717) is 33.7 Å². The Hall–Kier alpha value is -1.56. The predicted octanol–water partition coefficient (Wildman–Crippen LogP) is 4.12. The largest absolute Gasteiger partial charge is 0.458 e. The van der Waals surface area contributed by atoms with Crippen molar-refractivity contribution in [2.75, 3.05) is 13.1 Å². The van der Waals surface area contributed by atoms with Gasteiger partial charge in [-0.2, -0.15) is 0 Å². The Bertz CT molecular complexity index is 740. The maximum absolute atomic E-state index is 12.7. The van der Waals surface area contributed by atoms with Gasteiger partial charge in [0.05, 0.1) is 34.5 Å². The van der Waals surface area contributed by atoms with E-state index >= 15 is 0 Å². The first-order valence-electron chi connectivity index (χ1n) is 7.41. The lowest BCUT2D eigenvalue weighted by Crippen LogP contribution is -2.44. The van der Waals surface area contributed by atoms with Crippen molar-refractivity contribution in [1.82, 2.24) is 14.9 Å². The lowest BCUT2D eigenvalue weighted by molar-refractivity contribution is 0.0516. The number of rotatable bonds is 3. The number of carbonyl (C=O) groups excluding carboxylic acids is 1. The Kier molecular flexibility index (Phi) is 5.43. The van der Waals surface area contributed by atoms with Crippen molar-refractivity contribution in [2.24, 2.45) is 0 Å². The van der Waals surface area contributed by atoms with Crippen LogP contribution in [0.25, 0.3) is 0 Å². The van der Waals surface area contributed by atoms with Gasteiger partial charge < -0.3 is 9.64 Å². The summed E-state index contributed by atoms with van der Waals surface area (Å²) < 4.78 is 5.75. The molecule has 0 saturated carbocycles. The summed E-state index contributed by atoms with van der Waals surface area (Å²) in [6.07, 6.45) is 4.41. The van der Waals surface area contributed by atoms with Crippen molar-refractivity contribution in [3.8, 4) is 6.01 Å². The molecule has 0 radical (unpaired) electrons. The zero-order valence-corrected chi connectivity index (χ0v) is 14.9. The van der Waals surface area contributed by atoms with Gasteiger partial charge in [0.1, 0.15) is 6.10 Å². The Morgan fingerprint density at radius 3 is 2.67 bits per heavy atom. The van der Waals surface area contributed by atoms with E-state index in [-0.39, 0.29) is 18.0 Å². The first-order valence-corrected chi connectivity index (χ1v) is 8.55. The highest BCUT2D eigenvalue weighted by atomic mass is 35.5. The van der Waals surface area contributed by atoms with Gasteiger partial charge in [-0.15, -0.1) is 0 Å². The highest BCUT2D eigenvalue weighted by Gasteiger charge is 2.27. The Balaban J connectivity index is 1.69. The summed E-state index contributed by atoms with van der Waals surface area (Å²) in [6.45, 7) is 1.08. The van der Waals surface area contributed by atoms with Crippen LogP contribution in [0.15, 0.2) is 30.6 Å². The fourth-order valence-corrected chi connectivity index (χ4v) is 3.03. The molecule has 5 nitrogen and oxygen atoms in total. The maximum Gasteiger partial charge on any atom is 0.316 e. The summed E-state index contributed by atoms with van der Waals surface area (Å²) in [6, 6.07) is 5.11. The van der Waals surface area contributed by atoms with Gasteiger partial charge in [-0.05, 0) is 31.0 Å². The summed E-state index contributed by atoms with van der Waals surface area (Å²) in [4.78, 5) is 22.4. The maximum atomic E-state index is 12.7. The topological polar surface area (TPSA) is 55.3 Å². The van der Waals surface area contributed by atoms with E-state index in [1.54, 1.807) is 23.1 Å². The third-order valence-electron chi connectivity index (χ3n) is 3.69. The minimum absolute atomic E-state index is 0.159. The van der Waals surface area contributed by atoms with Crippen LogP contribution in [0, 0.1) is 0 Å². The van der Waals surface area contributed by atoms with Gasteiger partial charge in [-0.1, -0.05) is 34.8 Å². The SMILES string of the molecule is O=C(c1cc(Cl)ccc1Cl)N1CCCC(Oc2ncc(Cl)cn2)C1. The average Bonchev–Trinajstić information content (AvgIpc) is 2.59. The number of nitrogens with zero attached hydrogens (tertiary/aromatic N) is 3. The molecule has 1 amide bonds. The Labute approximate surface area is 154 Å². The number of halogens is 3. The normalized spacial score (nSPS) is 17.6. The molecule has 1 atom stereocenters. The minimum Gasteiger partial charge on any atom is -0.458 e. The fourth-order valence-electron chi connectivity index (χ4n) is 2.56. The van der Waals surface area contributed by atoms with Crippen LogP contribution in [-0.4, -0.2) is 40.0 Å². The molecule has 1 saturated heterocycles. The van der Waals surface area contributed by atoms with Crippen molar-refractivity contribution < 1.29 is 9.53 Å². The number of amides is 1.